The molecule has 3 rings (SSSR count). The Balaban J connectivity index is 2.38. The molecule has 42 nitrogen and oxygen atoms in total. The summed E-state index contributed by atoms with van der Waals surface area (Å²) < 4.78 is 0. The summed E-state index contributed by atoms with van der Waals surface area (Å²) in [4.78, 5) is 245. The minimum absolute atomic E-state index is 0.00234. The first-order chi connectivity index (χ1) is 56.7. The van der Waals surface area contributed by atoms with Crippen LogP contribution in [0.4, 0.5) is 0 Å². The summed E-state index contributed by atoms with van der Waals surface area (Å²) in [7, 11) is 0. The Morgan fingerprint density at radius 1 is 0.442 bits per heavy atom. The number of carbonyl (C=O) groups is 16. The van der Waals surface area contributed by atoms with E-state index < -0.39 is 205 Å². The predicted molar refractivity (Wildman–Crippen MR) is 448 cm³/mol. The van der Waals surface area contributed by atoms with Crippen molar-refractivity contribution < 1.29 is 81.8 Å². The number of aliphatic carboxylic acids is 1. The van der Waals surface area contributed by atoms with Crippen molar-refractivity contribution in [1.82, 2.24) is 84.4 Å². The lowest BCUT2D eigenvalue weighted by Crippen LogP contribution is -2.62. The summed E-state index contributed by atoms with van der Waals surface area (Å²) in [5, 5.41) is 46.6. The quantitative estimate of drug-likeness (QED) is 0.0177. The molecule has 15 amide bonds. The van der Waals surface area contributed by atoms with Crippen molar-refractivity contribution in [3.05, 3.63) is 54.1 Å². The Hall–Kier alpha value is -11.2. The zero-order valence-electron chi connectivity index (χ0n) is 70.1. The molecule has 30 N–H and O–H groups in total. The molecule has 1 fully saturated rings. The van der Waals surface area contributed by atoms with E-state index in [1.54, 1.807) is 78.1 Å². The number of imidazole rings is 1. The normalized spacial score (nSPS) is 23.5. The summed E-state index contributed by atoms with van der Waals surface area (Å²) in [6.07, 6.45) is 1.54. The average Bonchev–Trinajstić information content (AvgIpc) is 1.03. The molecule has 0 spiro atoms. The second-order valence-corrected chi connectivity index (χ2v) is 32.1. The van der Waals surface area contributed by atoms with Crippen molar-refractivity contribution in [2.75, 3.05) is 44.7 Å². The molecule has 0 radical (unpaired) electrons. The van der Waals surface area contributed by atoms with Crippen molar-refractivity contribution in [2.24, 2.45) is 73.8 Å². The van der Waals surface area contributed by atoms with Crippen LogP contribution in [0.3, 0.4) is 0 Å². The van der Waals surface area contributed by atoms with Gasteiger partial charge in [-0.1, -0.05) is 85.7 Å². The van der Waals surface area contributed by atoms with Crippen LogP contribution in [0.25, 0.3) is 0 Å². The summed E-state index contributed by atoms with van der Waals surface area (Å²) >= 11 is 1.33. The number of carboxylic acids is 1. The number of amides is 15. The van der Waals surface area contributed by atoms with Crippen LogP contribution < -0.4 is 115 Å². The molecule has 1 aromatic heterocycles. The predicted octanol–water partition coefficient (Wildman–Crippen LogP) is -5.11. The number of hydrogen-bond acceptors (Lipinski definition) is 22. The SMILES string of the molecule is CSCC[C@@H]1NC(=O)[C@H](Cc2ccccc2)NC(=O)[C@H](CC(C)C)NC(=O)[C@H](CC(C)C)NC(=O)[C@H](CCC(=O)O)NC(=O)[C@H](CC(N)=O)NC(=O)[C@H](C(C)C)NC(=O)[C@H](Cc2cnc[nH]2)NC(=O)[C@H](CCCN=C(N)N)NC(=O)C(CCCN)NC(=O)[C@H](CCCCN)NC(=O)[C@H](CCCN=C(N)N)NC(=O)[C@H](CC(C)C)NC(=O)CNC1=O. The van der Waals surface area contributed by atoms with Gasteiger partial charge in [-0.15, -0.1) is 0 Å². The minimum Gasteiger partial charge on any atom is -0.481 e. The number of unbranched alkanes of at least 4 members (excludes halogenated alkanes) is 1. The second kappa shape index (κ2) is 54.8. The lowest BCUT2D eigenvalue weighted by Gasteiger charge is -2.29. The molecular weight excluding hydrogens is 1580 g/mol. The van der Waals surface area contributed by atoms with Crippen LogP contribution in [-0.4, -0.2) is 245 Å². The molecule has 1 aliphatic rings. The maximum absolute atomic E-state index is 14.9. The standard InChI is InChI=1S/C77H129N25O17S/c1-41(2)32-53-69(113)94-49(22-16-29-86-76(81)82)66(110)91-47(20-13-14-27-78)64(108)92-48(21-15-28-79)65(109)93-50(23-17-30-87-77(83)84)67(111)100-57(36-46-38-85-40-89-46)74(118)102-62(44(7)8)75(119)101-58(37-59(80)103)73(117)95-51(24-25-61(105)106)68(112)97-54(33-42(3)4)70(114)98-55(34-43(5)6)71(115)99-56(35-45-18-11-10-12-19-45)72(116)96-52(26-31-120-9)63(107)88-39-60(104)90-53/h10-12,18-19,38,40-44,47-58,62H,13-17,20-37,39,78-79H2,1-9H3,(H2,80,103)(H,85,89)(H,88,107)(H,90,104)(H,91,110)(H,92,108)(H,93,109)(H,94,113)(H,95,117)(H,96,116)(H,97,112)(H,98,114)(H,99,115)(H,100,111)(H,101,119)(H,102,118)(H,105,106)(H4,81,82,86)(H4,83,84,87)/t47-,48?,49-,50-,51-,52-,53-,54-,55-,56-,57-,58-,62-/m0/s1. The van der Waals surface area contributed by atoms with Crippen molar-refractivity contribution >= 4 is 118 Å². The lowest BCUT2D eigenvalue weighted by molar-refractivity contribution is -0.139. The van der Waals surface area contributed by atoms with Gasteiger partial charge in [-0.25, -0.2) is 4.98 Å². The molecule has 2 aromatic rings. The van der Waals surface area contributed by atoms with Gasteiger partial charge in [0.05, 0.1) is 19.3 Å². The highest BCUT2D eigenvalue weighted by Crippen LogP contribution is 2.17. The number of aliphatic imine (C=N–C) groups is 2. The van der Waals surface area contributed by atoms with Crippen LogP contribution in [0.5, 0.6) is 0 Å². The Bertz CT molecular complexity index is 3750. The Kier molecular flexibility index (Phi) is 47.0. The van der Waals surface area contributed by atoms with E-state index in [2.05, 4.69) is 94.4 Å². The molecule has 2 heterocycles. The third-order valence-corrected chi connectivity index (χ3v) is 19.5. The second-order valence-electron chi connectivity index (χ2n) is 31.1. The van der Waals surface area contributed by atoms with E-state index in [1.807, 2.05) is 0 Å². The molecule has 0 saturated carbocycles. The molecule has 1 unspecified atom stereocenters. The summed E-state index contributed by atoms with van der Waals surface area (Å²) in [5.74, 6) is -18.2. The zero-order valence-corrected chi connectivity index (χ0v) is 70.9. The fourth-order valence-corrected chi connectivity index (χ4v) is 13.1. The lowest BCUT2D eigenvalue weighted by atomic mass is 9.98. The van der Waals surface area contributed by atoms with Crippen molar-refractivity contribution in [1.29, 1.82) is 0 Å². The maximum Gasteiger partial charge on any atom is 0.303 e. The number of aromatic amines is 1. The van der Waals surface area contributed by atoms with Gasteiger partial charge in [0.15, 0.2) is 11.9 Å². The number of benzene rings is 1. The van der Waals surface area contributed by atoms with E-state index in [9.17, 15) is 81.8 Å². The number of nitrogens with zero attached hydrogens (tertiary/aromatic N) is 3. The first-order valence-electron chi connectivity index (χ1n) is 40.5. The van der Waals surface area contributed by atoms with Crippen LogP contribution >= 0.6 is 11.8 Å². The van der Waals surface area contributed by atoms with Crippen LogP contribution in [0.2, 0.25) is 0 Å². The summed E-state index contributed by atoms with van der Waals surface area (Å²) in [6.45, 7) is 12.8. The minimum atomic E-state index is -1.94. The topological polar surface area (TPSA) is 697 Å². The fraction of sp³-hybridized carbons (Fsp3) is 0.649. The smallest absolute Gasteiger partial charge is 0.303 e. The highest BCUT2D eigenvalue weighted by atomic mass is 32.2. The number of aromatic nitrogens is 2. The Morgan fingerprint density at radius 3 is 1.23 bits per heavy atom. The average molecular weight is 1710 g/mol. The van der Waals surface area contributed by atoms with Crippen LogP contribution in [0.15, 0.2) is 52.8 Å². The number of rotatable bonds is 34. The Labute approximate surface area is 703 Å². The van der Waals surface area contributed by atoms with E-state index in [1.165, 1.54) is 38.1 Å². The first-order valence-corrected chi connectivity index (χ1v) is 41.9. The molecule has 1 saturated heterocycles. The zero-order chi connectivity index (χ0) is 89.7. The van der Waals surface area contributed by atoms with Gasteiger partial charge in [-0.05, 0) is 144 Å². The monoisotopic (exact) mass is 1710 g/mol. The highest BCUT2D eigenvalue weighted by Gasteiger charge is 2.40. The van der Waals surface area contributed by atoms with Gasteiger partial charge in [0.1, 0.15) is 78.5 Å². The van der Waals surface area contributed by atoms with Gasteiger partial charge in [0.2, 0.25) is 88.6 Å². The third-order valence-electron chi connectivity index (χ3n) is 18.9. The van der Waals surface area contributed by atoms with Crippen LogP contribution in [0, 0.1) is 23.7 Å². The number of nitrogens with two attached hydrogens (primary N) is 7. The largest absolute Gasteiger partial charge is 0.481 e. The van der Waals surface area contributed by atoms with Crippen molar-refractivity contribution in [3.63, 3.8) is 0 Å². The van der Waals surface area contributed by atoms with Gasteiger partial charge >= 0.3 is 5.97 Å². The number of H-pyrrole nitrogens is 1. The van der Waals surface area contributed by atoms with Crippen molar-refractivity contribution in [2.45, 2.75) is 250 Å². The van der Waals surface area contributed by atoms with E-state index in [-0.39, 0.29) is 151 Å². The highest BCUT2D eigenvalue weighted by molar-refractivity contribution is 7.98. The van der Waals surface area contributed by atoms with Crippen LogP contribution in [0.1, 0.15) is 169 Å². The Morgan fingerprint density at radius 2 is 0.817 bits per heavy atom. The number of carboxylic acid groups (broad SMARTS) is 1. The van der Waals surface area contributed by atoms with Gasteiger partial charge in [0.25, 0.3) is 0 Å². The van der Waals surface area contributed by atoms with E-state index in [4.69, 9.17) is 40.1 Å². The molecule has 0 bridgehead atoms. The molecule has 13 atom stereocenters. The molecular formula is C77H129N25O17S. The van der Waals surface area contributed by atoms with Crippen molar-refractivity contribution in [3.8, 4) is 0 Å². The first kappa shape index (κ1) is 103. The van der Waals surface area contributed by atoms with E-state index >= 15 is 0 Å². The van der Waals surface area contributed by atoms with E-state index in [0.29, 0.717) is 17.7 Å². The number of guanidine groups is 2. The number of nitrogens with one attached hydrogen (secondary N) is 15. The van der Waals surface area contributed by atoms with Crippen LogP contribution in [-0.2, 0) is 89.6 Å². The van der Waals surface area contributed by atoms with Gasteiger partial charge in [-0.3, -0.25) is 86.7 Å². The summed E-state index contributed by atoms with van der Waals surface area (Å²) in [6, 6.07) is -11.6. The molecule has 670 valence electrons. The van der Waals surface area contributed by atoms with Gasteiger partial charge in [0, 0.05) is 44.2 Å². The van der Waals surface area contributed by atoms with Gasteiger partial charge in [-0.2, -0.15) is 11.8 Å². The van der Waals surface area contributed by atoms with E-state index in [0.717, 1.165) is 0 Å². The number of hydrogen-bond donors (Lipinski definition) is 23. The molecule has 1 aliphatic heterocycles. The number of thioether (sulfide) groups is 1. The molecule has 0 aliphatic carbocycles. The number of primary amides is 1. The maximum atomic E-state index is 14.9. The fourth-order valence-electron chi connectivity index (χ4n) is 12.7. The third kappa shape index (κ3) is 40.0. The number of carbonyl (C=O) groups excluding carboxylic acids is 15. The molecule has 120 heavy (non-hydrogen) atoms. The summed E-state index contributed by atoms with van der Waals surface area (Å²) in [5.41, 5.74) is 40.9. The molecule has 1 aromatic carbocycles. The van der Waals surface area contributed by atoms with Gasteiger partial charge < -0.3 is 125 Å². The molecule has 43 heteroatoms.